The molecule has 0 aliphatic rings. The van der Waals surface area contributed by atoms with Crippen molar-refractivity contribution in [3.8, 4) is 74.9 Å². The third kappa shape index (κ3) is 6.26. The minimum absolute atomic E-state index is 0.372. The fourth-order valence-electron chi connectivity index (χ4n) is 8.92. The molecule has 0 saturated heterocycles. The van der Waals surface area contributed by atoms with E-state index in [2.05, 4.69) is 37.0 Å². The second-order valence-corrected chi connectivity index (χ2v) is 15.6. The maximum absolute atomic E-state index is 10.0. The lowest BCUT2D eigenvalue weighted by Crippen LogP contribution is -2.04. The van der Waals surface area contributed by atoms with Crippen LogP contribution in [0.4, 0.5) is 11.4 Å². The van der Waals surface area contributed by atoms with E-state index in [-0.39, 0.29) is 0 Å². The van der Waals surface area contributed by atoms with Crippen molar-refractivity contribution in [2.24, 2.45) is 0 Å². The third-order valence-electron chi connectivity index (χ3n) is 11.9. The van der Waals surface area contributed by atoms with Gasteiger partial charge in [0.1, 0.15) is 0 Å². The van der Waals surface area contributed by atoms with Crippen molar-refractivity contribution in [2.45, 2.75) is 0 Å². The fourth-order valence-corrected chi connectivity index (χ4v) is 8.92. The van der Waals surface area contributed by atoms with Crippen LogP contribution in [0.3, 0.4) is 0 Å². The first-order valence-corrected chi connectivity index (χ1v) is 20.8. The average Bonchev–Trinajstić information content (AvgIpc) is 3.89. The topological polar surface area (TPSA) is 129 Å². The highest BCUT2D eigenvalue weighted by Gasteiger charge is 2.25. The zero-order valence-corrected chi connectivity index (χ0v) is 34.6. The van der Waals surface area contributed by atoms with Gasteiger partial charge in [-0.25, -0.2) is 24.6 Å². The number of hydrogen-bond acceptors (Lipinski definition) is 6. The number of hydrogen-bond donors (Lipinski definition) is 0. The molecule has 0 amide bonds. The molecule has 0 fully saturated rings. The van der Waals surface area contributed by atoms with Crippen LogP contribution in [0.2, 0.25) is 0 Å². The normalized spacial score (nSPS) is 11.0. The van der Waals surface area contributed by atoms with E-state index >= 15 is 0 Å². The lowest BCUT2D eigenvalue weighted by Gasteiger charge is -2.21. The number of benzene rings is 8. The molecule has 10 nitrogen and oxygen atoms in total. The van der Waals surface area contributed by atoms with E-state index in [1.165, 1.54) is 0 Å². The van der Waals surface area contributed by atoms with Crippen LogP contribution in [-0.4, -0.2) is 24.1 Å². The molecular formula is C56H28N10. The summed E-state index contributed by atoms with van der Waals surface area (Å²) in [4.78, 5) is 23.0. The monoisotopic (exact) mass is 840 g/mol. The van der Waals surface area contributed by atoms with E-state index in [0.29, 0.717) is 67.9 Å². The summed E-state index contributed by atoms with van der Waals surface area (Å²) in [6, 6.07) is 60.1. The molecule has 0 aliphatic heterocycles. The Morgan fingerprint density at radius 2 is 0.879 bits per heavy atom. The molecule has 302 valence electrons. The Morgan fingerprint density at radius 1 is 0.409 bits per heavy atom. The van der Waals surface area contributed by atoms with Crippen LogP contribution in [0.1, 0.15) is 16.7 Å². The van der Waals surface area contributed by atoms with Gasteiger partial charge in [0.2, 0.25) is 0 Å². The largest absolute Gasteiger partial charge is 0.310 e. The second kappa shape index (κ2) is 15.6. The van der Waals surface area contributed by atoms with Crippen molar-refractivity contribution in [3.63, 3.8) is 0 Å². The van der Waals surface area contributed by atoms with E-state index in [4.69, 9.17) is 28.1 Å². The molecule has 8 aromatic carbocycles. The minimum Gasteiger partial charge on any atom is -0.310 e. The lowest BCUT2D eigenvalue weighted by atomic mass is 9.96. The van der Waals surface area contributed by atoms with Crippen LogP contribution in [0.25, 0.3) is 110 Å². The van der Waals surface area contributed by atoms with Gasteiger partial charge in [0.25, 0.3) is 0 Å². The van der Waals surface area contributed by atoms with E-state index in [0.717, 1.165) is 60.4 Å². The Hall–Kier alpha value is -10.2. The van der Waals surface area contributed by atoms with Gasteiger partial charge in [0, 0.05) is 44.1 Å². The smallest absolute Gasteiger partial charge is 0.197 e. The van der Waals surface area contributed by atoms with Gasteiger partial charge in [-0.3, -0.25) is 0 Å². The molecule has 11 aromatic rings. The summed E-state index contributed by atoms with van der Waals surface area (Å²) >= 11 is 0. The molecule has 66 heavy (non-hydrogen) atoms. The maximum Gasteiger partial charge on any atom is 0.197 e. The van der Waals surface area contributed by atoms with E-state index < -0.39 is 0 Å². The molecule has 0 spiro atoms. The van der Waals surface area contributed by atoms with E-state index in [1.807, 2.05) is 140 Å². The summed E-state index contributed by atoms with van der Waals surface area (Å²) in [5, 5.41) is 33.1. The van der Waals surface area contributed by atoms with Crippen molar-refractivity contribution >= 4 is 55.0 Å². The zero-order chi connectivity index (χ0) is 44.9. The summed E-state index contributed by atoms with van der Waals surface area (Å²) in [6.07, 6.45) is 0. The molecule has 10 heteroatoms. The first-order chi connectivity index (χ1) is 32.5. The molecule has 3 heterocycles. The molecule has 3 aromatic heterocycles. The van der Waals surface area contributed by atoms with Gasteiger partial charge in [0.05, 0.1) is 75.8 Å². The number of rotatable bonds is 6. The number of fused-ring (bicyclic) bond motifs is 6. The van der Waals surface area contributed by atoms with Crippen molar-refractivity contribution in [1.29, 1.82) is 15.8 Å². The Labute approximate surface area is 377 Å². The summed E-state index contributed by atoms with van der Waals surface area (Å²) < 4.78 is 4.20. The van der Waals surface area contributed by atoms with Crippen molar-refractivity contribution in [3.05, 3.63) is 209 Å². The van der Waals surface area contributed by atoms with Crippen molar-refractivity contribution in [1.82, 2.24) is 24.1 Å². The number of nitriles is 3. The highest BCUT2D eigenvalue weighted by atomic mass is 15.0. The predicted octanol–water partition coefficient (Wildman–Crippen LogP) is 13.5. The van der Waals surface area contributed by atoms with Crippen molar-refractivity contribution < 1.29 is 0 Å². The molecule has 0 bridgehead atoms. The lowest BCUT2D eigenvalue weighted by molar-refractivity contribution is 1.07. The standard InChI is InChI=1S/C56H28N10/c1-60-40-20-25-50-44(30-40)43-28-36(33-59)16-21-47(43)65(50)51-24-19-39(56-63-54(37-10-5-3-6-11-37)62-55(64-56)38-12-7-4-8-13-38)29-45(51)53-46(61-2)14-9-15-52(53)66-48-22-17-34(31-57)26-41(48)42-27-35(32-58)18-23-49(42)66/h3-30H. The first kappa shape index (κ1) is 38.7. The second-order valence-electron chi connectivity index (χ2n) is 15.6. The maximum atomic E-state index is 10.0. The highest BCUT2D eigenvalue weighted by Crippen LogP contribution is 2.46. The third-order valence-corrected chi connectivity index (χ3v) is 11.9. The van der Waals surface area contributed by atoms with Gasteiger partial charge < -0.3 is 9.13 Å². The Kier molecular flexibility index (Phi) is 9.17. The van der Waals surface area contributed by atoms with Gasteiger partial charge >= 0.3 is 0 Å². The van der Waals surface area contributed by atoms with Crippen LogP contribution in [0.15, 0.2) is 170 Å². The zero-order valence-electron chi connectivity index (χ0n) is 34.6. The number of nitrogens with zero attached hydrogens (tertiary/aromatic N) is 10. The van der Waals surface area contributed by atoms with E-state index in [1.54, 1.807) is 30.3 Å². The van der Waals surface area contributed by atoms with Crippen LogP contribution in [0.5, 0.6) is 0 Å². The molecule has 0 unspecified atom stereocenters. The van der Waals surface area contributed by atoms with Gasteiger partial charge in [-0.2, -0.15) is 15.8 Å². The SMILES string of the molecule is [C-]#[N+]c1ccc2c(c1)c1cc(C#N)ccc1n2-c1ccc(-c2nc(-c3ccccc3)nc(-c3ccccc3)n2)cc1-c1c([N+]#[C-])cccc1-n1c2ccc(C#N)cc2c2cc(C#N)ccc21. The highest BCUT2D eigenvalue weighted by molar-refractivity contribution is 6.13. The summed E-state index contributed by atoms with van der Waals surface area (Å²) in [5.41, 5.74) is 10.4. The van der Waals surface area contributed by atoms with Crippen LogP contribution < -0.4 is 0 Å². The van der Waals surface area contributed by atoms with Gasteiger partial charge in [-0.05, 0) is 102 Å². The fraction of sp³-hybridized carbons (Fsp3) is 0. The van der Waals surface area contributed by atoms with Crippen molar-refractivity contribution in [2.75, 3.05) is 0 Å². The molecule has 0 radical (unpaired) electrons. The van der Waals surface area contributed by atoms with Crippen LogP contribution in [0, 0.1) is 47.1 Å². The molecule has 0 aliphatic carbocycles. The summed E-state index contributed by atoms with van der Waals surface area (Å²) in [5.74, 6) is 1.42. The minimum atomic E-state index is 0.372. The quantitative estimate of drug-likeness (QED) is 0.153. The average molecular weight is 841 g/mol. The number of aromatic nitrogens is 5. The summed E-state index contributed by atoms with van der Waals surface area (Å²) in [6.45, 7) is 16.5. The molecule has 0 atom stereocenters. The Balaban J connectivity index is 1.27. The first-order valence-electron chi connectivity index (χ1n) is 20.8. The van der Waals surface area contributed by atoms with Crippen LogP contribution in [-0.2, 0) is 0 Å². The summed E-state index contributed by atoms with van der Waals surface area (Å²) in [7, 11) is 0. The Morgan fingerprint density at radius 3 is 1.36 bits per heavy atom. The molecule has 0 saturated carbocycles. The van der Waals surface area contributed by atoms with Gasteiger partial charge in [-0.15, -0.1) is 0 Å². The molecule has 0 N–H and O–H groups in total. The Bertz CT molecular complexity index is 3850. The van der Waals surface area contributed by atoms with E-state index in [9.17, 15) is 15.8 Å². The predicted molar refractivity (Wildman–Crippen MR) is 257 cm³/mol. The van der Waals surface area contributed by atoms with Crippen LogP contribution >= 0.6 is 0 Å². The molecule has 11 rings (SSSR count). The van der Waals surface area contributed by atoms with Gasteiger partial charge in [-0.1, -0.05) is 78.9 Å². The molecular weight excluding hydrogens is 813 g/mol. The van der Waals surface area contributed by atoms with Gasteiger partial charge in [0.15, 0.2) is 28.8 Å².